The standard InChI is InChI=1S/C20H18N6O2S2/c1-12-9-13(2)25-19(21-12)22-23-20(25)30-11-18(27)26-15(16-5-3-7-28-16)10-14(24-26)17-6-4-8-29-17/h3-9,15H,10-11H2,1-2H3/t15-/m1/s1. The zero-order valence-corrected chi connectivity index (χ0v) is 18.0. The van der Waals surface area contributed by atoms with E-state index < -0.39 is 0 Å². The highest BCUT2D eigenvalue weighted by molar-refractivity contribution is 7.99. The molecule has 30 heavy (non-hydrogen) atoms. The molecule has 4 aromatic rings. The molecule has 1 amide bonds. The van der Waals surface area contributed by atoms with Gasteiger partial charge in [-0.2, -0.15) is 5.10 Å². The lowest BCUT2D eigenvalue weighted by Crippen LogP contribution is -2.28. The second-order valence-corrected chi connectivity index (χ2v) is 8.83. The van der Waals surface area contributed by atoms with E-state index in [1.165, 1.54) is 11.8 Å². The normalized spacial score (nSPS) is 16.4. The van der Waals surface area contributed by atoms with Crippen molar-refractivity contribution in [3.05, 3.63) is 64.0 Å². The van der Waals surface area contributed by atoms with Gasteiger partial charge in [-0.25, -0.2) is 9.99 Å². The highest BCUT2D eigenvalue weighted by Crippen LogP contribution is 2.34. The average molecular weight is 439 g/mol. The lowest BCUT2D eigenvalue weighted by molar-refractivity contribution is -0.130. The van der Waals surface area contributed by atoms with E-state index >= 15 is 0 Å². The average Bonchev–Trinajstić information content (AvgIpc) is 3.52. The lowest BCUT2D eigenvalue weighted by atomic mass is 10.1. The van der Waals surface area contributed by atoms with Gasteiger partial charge in [-0.3, -0.25) is 9.20 Å². The van der Waals surface area contributed by atoms with E-state index in [2.05, 4.69) is 20.3 Å². The minimum atomic E-state index is -0.244. The van der Waals surface area contributed by atoms with Crippen LogP contribution in [0.4, 0.5) is 0 Å². The van der Waals surface area contributed by atoms with Crippen molar-refractivity contribution in [2.24, 2.45) is 5.10 Å². The molecule has 5 heterocycles. The van der Waals surface area contributed by atoms with E-state index in [1.54, 1.807) is 22.6 Å². The molecule has 0 saturated carbocycles. The Morgan fingerprint density at radius 3 is 2.97 bits per heavy atom. The summed E-state index contributed by atoms with van der Waals surface area (Å²) in [6.07, 6.45) is 2.25. The van der Waals surface area contributed by atoms with E-state index in [0.29, 0.717) is 17.4 Å². The summed E-state index contributed by atoms with van der Waals surface area (Å²) in [7, 11) is 0. The molecule has 0 spiro atoms. The first-order valence-corrected chi connectivity index (χ1v) is 11.3. The first kappa shape index (κ1) is 19.0. The second kappa shape index (κ2) is 7.69. The van der Waals surface area contributed by atoms with Crippen LogP contribution in [0.2, 0.25) is 0 Å². The third-order valence-corrected chi connectivity index (χ3v) is 6.66. The SMILES string of the molecule is Cc1cc(C)n2c(SCC(=O)N3N=C(c4cccs4)C[C@@H]3c3ccco3)nnc2n1. The van der Waals surface area contributed by atoms with E-state index in [0.717, 1.165) is 27.7 Å². The maximum Gasteiger partial charge on any atom is 0.256 e. The van der Waals surface area contributed by atoms with Crippen molar-refractivity contribution in [1.29, 1.82) is 0 Å². The molecule has 1 aliphatic rings. The first-order chi connectivity index (χ1) is 14.6. The highest BCUT2D eigenvalue weighted by atomic mass is 32.2. The van der Waals surface area contributed by atoms with E-state index in [-0.39, 0.29) is 17.7 Å². The Morgan fingerprint density at radius 2 is 2.20 bits per heavy atom. The van der Waals surface area contributed by atoms with E-state index in [4.69, 9.17) is 4.42 Å². The molecule has 0 fully saturated rings. The van der Waals surface area contributed by atoms with Crippen LogP contribution in [0.25, 0.3) is 5.78 Å². The van der Waals surface area contributed by atoms with Gasteiger partial charge in [0, 0.05) is 17.8 Å². The number of amides is 1. The van der Waals surface area contributed by atoms with Gasteiger partial charge in [-0.15, -0.1) is 21.5 Å². The molecular weight excluding hydrogens is 420 g/mol. The molecule has 4 aromatic heterocycles. The van der Waals surface area contributed by atoms with Crippen LogP contribution in [0.1, 0.15) is 34.5 Å². The van der Waals surface area contributed by atoms with Crippen LogP contribution in [-0.2, 0) is 4.79 Å². The predicted octanol–water partition coefficient (Wildman–Crippen LogP) is 3.87. The first-order valence-electron chi connectivity index (χ1n) is 9.39. The zero-order chi connectivity index (χ0) is 20.7. The molecule has 0 unspecified atom stereocenters. The minimum Gasteiger partial charge on any atom is -0.467 e. The molecule has 0 N–H and O–H groups in total. The monoisotopic (exact) mass is 438 g/mol. The topological polar surface area (TPSA) is 88.9 Å². The van der Waals surface area contributed by atoms with Crippen LogP contribution in [0.15, 0.2) is 56.7 Å². The van der Waals surface area contributed by atoms with Crippen molar-refractivity contribution in [3.8, 4) is 0 Å². The Labute approximate surface area is 180 Å². The molecule has 5 rings (SSSR count). The molecular formula is C20H18N6O2S2. The van der Waals surface area contributed by atoms with Crippen LogP contribution in [-0.4, -0.2) is 42.0 Å². The number of carbonyl (C=O) groups is 1. The number of thioether (sulfide) groups is 1. The molecule has 8 nitrogen and oxygen atoms in total. The number of fused-ring (bicyclic) bond motifs is 1. The fourth-order valence-corrected chi connectivity index (χ4v) is 5.08. The number of furan rings is 1. The Bertz CT molecular complexity index is 1230. The predicted molar refractivity (Wildman–Crippen MR) is 115 cm³/mol. The summed E-state index contributed by atoms with van der Waals surface area (Å²) in [5.74, 6) is 1.34. The quantitative estimate of drug-likeness (QED) is 0.440. The third-order valence-electron chi connectivity index (χ3n) is 4.83. The van der Waals surface area contributed by atoms with E-state index in [1.807, 2.05) is 54.0 Å². The molecule has 0 saturated heterocycles. The van der Waals surface area contributed by atoms with Gasteiger partial charge in [-0.1, -0.05) is 17.8 Å². The van der Waals surface area contributed by atoms with E-state index in [9.17, 15) is 4.79 Å². The number of hydrogen-bond donors (Lipinski definition) is 0. The number of aromatic nitrogens is 4. The number of thiophene rings is 1. The second-order valence-electron chi connectivity index (χ2n) is 6.94. The number of hydrazone groups is 1. The van der Waals surface area contributed by atoms with Crippen LogP contribution >= 0.6 is 23.1 Å². The zero-order valence-electron chi connectivity index (χ0n) is 16.3. The molecule has 0 aliphatic carbocycles. The van der Waals surface area contributed by atoms with Gasteiger partial charge in [0.25, 0.3) is 11.7 Å². The Morgan fingerprint density at radius 1 is 1.30 bits per heavy atom. The van der Waals surface area contributed by atoms with Gasteiger partial charge >= 0.3 is 0 Å². The third kappa shape index (κ3) is 3.41. The van der Waals surface area contributed by atoms with Gasteiger partial charge in [-0.05, 0) is 43.5 Å². The van der Waals surface area contributed by atoms with Crippen molar-refractivity contribution >= 4 is 40.5 Å². The number of aryl methyl sites for hydroxylation is 2. The highest BCUT2D eigenvalue weighted by Gasteiger charge is 2.35. The van der Waals surface area contributed by atoms with Gasteiger partial charge in [0.05, 0.1) is 22.6 Å². The number of nitrogens with zero attached hydrogens (tertiary/aromatic N) is 6. The summed E-state index contributed by atoms with van der Waals surface area (Å²) in [5.41, 5.74) is 2.76. The van der Waals surface area contributed by atoms with Crippen molar-refractivity contribution < 1.29 is 9.21 Å². The van der Waals surface area contributed by atoms with Crippen LogP contribution < -0.4 is 0 Å². The molecule has 0 aromatic carbocycles. The van der Waals surface area contributed by atoms with Gasteiger partial charge in [0.15, 0.2) is 5.16 Å². The van der Waals surface area contributed by atoms with Gasteiger partial charge < -0.3 is 4.42 Å². The van der Waals surface area contributed by atoms with Gasteiger partial charge in [0.2, 0.25) is 0 Å². The molecule has 0 bridgehead atoms. The fraction of sp³-hybridized carbons (Fsp3) is 0.250. The molecule has 152 valence electrons. The summed E-state index contributed by atoms with van der Waals surface area (Å²) in [6.45, 7) is 3.89. The Hall–Kier alpha value is -2.98. The van der Waals surface area contributed by atoms with Crippen molar-refractivity contribution in [1.82, 2.24) is 24.6 Å². The smallest absolute Gasteiger partial charge is 0.256 e. The maximum atomic E-state index is 13.1. The Balaban J connectivity index is 1.39. The van der Waals surface area contributed by atoms with Crippen LogP contribution in [0.3, 0.4) is 0 Å². The van der Waals surface area contributed by atoms with Crippen LogP contribution in [0, 0.1) is 13.8 Å². The number of hydrogen-bond acceptors (Lipinski definition) is 8. The summed E-state index contributed by atoms with van der Waals surface area (Å²) < 4.78 is 7.45. The summed E-state index contributed by atoms with van der Waals surface area (Å²) >= 11 is 2.95. The van der Waals surface area contributed by atoms with Crippen molar-refractivity contribution in [2.45, 2.75) is 31.5 Å². The minimum absolute atomic E-state index is 0.109. The summed E-state index contributed by atoms with van der Waals surface area (Å²) in [4.78, 5) is 18.6. The summed E-state index contributed by atoms with van der Waals surface area (Å²) in [6, 6.07) is 9.44. The number of carbonyl (C=O) groups excluding carboxylic acids is 1. The van der Waals surface area contributed by atoms with Gasteiger partial charge in [0.1, 0.15) is 11.8 Å². The van der Waals surface area contributed by atoms with Crippen molar-refractivity contribution in [3.63, 3.8) is 0 Å². The maximum absolute atomic E-state index is 13.1. The van der Waals surface area contributed by atoms with Crippen LogP contribution in [0.5, 0.6) is 0 Å². The number of rotatable bonds is 5. The molecule has 10 heteroatoms. The molecule has 1 aliphatic heterocycles. The largest absolute Gasteiger partial charge is 0.467 e. The lowest BCUT2D eigenvalue weighted by Gasteiger charge is -2.19. The molecule has 1 atom stereocenters. The summed E-state index contributed by atoms with van der Waals surface area (Å²) in [5, 5.41) is 17.2. The fourth-order valence-electron chi connectivity index (χ4n) is 3.52. The Kier molecular flexibility index (Phi) is 4.87. The molecule has 0 radical (unpaired) electrons. The van der Waals surface area contributed by atoms with Crippen molar-refractivity contribution in [2.75, 3.05) is 5.75 Å².